The molecule has 0 aromatic heterocycles. The summed E-state index contributed by atoms with van der Waals surface area (Å²) in [7, 11) is 0. The summed E-state index contributed by atoms with van der Waals surface area (Å²) in [6.07, 6.45) is -0.427. The van der Waals surface area contributed by atoms with Crippen LogP contribution in [0.1, 0.15) is 30.5 Å². The molecule has 3 nitrogen and oxygen atoms in total. The Morgan fingerprint density at radius 3 is 2.65 bits per heavy atom. The van der Waals surface area contributed by atoms with Gasteiger partial charge < -0.3 is 10.8 Å². The van der Waals surface area contributed by atoms with E-state index in [1.165, 1.54) is 18.2 Å². The molecular formula is C11H12ClF2NO2. The number of aliphatic carboxylic acids is 1. The lowest BCUT2D eigenvalue weighted by molar-refractivity contribution is -0.137. The van der Waals surface area contributed by atoms with Gasteiger partial charge in [-0.15, -0.1) is 0 Å². The molecule has 1 atom stereocenters. The molecule has 1 rings (SSSR count). The van der Waals surface area contributed by atoms with E-state index in [4.69, 9.17) is 22.4 Å². The number of hydrogen-bond acceptors (Lipinski definition) is 2. The second-order valence-corrected chi connectivity index (χ2v) is 4.20. The third-order valence-electron chi connectivity index (χ3n) is 2.28. The summed E-state index contributed by atoms with van der Waals surface area (Å²) in [5.74, 6) is -4.31. The van der Waals surface area contributed by atoms with E-state index in [0.29, 0.717) is 6.92 Å². The van der Waals surface area contributed by atoms with E-state index in [2.05, 4.69) is 0 Å². The summed E-state index contributed by atoms with van der Waals surface area (Å²) in [4.78, 5) is 10.5. The monoisotopic (exact) mass is 263 g/mol. The van der Waals surface area contributed by atoms with E-state index in [1.54, 1.807) is 0 Å². The average Bonchev–Trinajstić information content (AvgIpc) is 2.14. The smallest absolute Gasteiger partial charge is 0.305 e. The predicted octanol–water partition coefficient (Wildman–Crippen LogP) is 2.93. The Morgan fingerprint density at radius 2 is 2.18 bits per heavy atom. The van der Waals surface area contributed by atoms with Gasteiger partial charge in [0.1, 0.15) is 0 Å². The van der Waals surface area contributed by atoms with Crippen LogP contribution in [0.3, 0.4) is 0 Å². The van der Waals surface area contributed by atoms with Gasteiger partial charge in [0.05, 0.1) is 11.4 Å². The van der Waals surface area contributed by atoms with Crippen molar-refractivity contribution in [3.05, 3.63) is 34.3 Å². The number of hydrogen-bond donors (Lipinski definition) is 2. The van der Waals surface area contributed by atoms with Crippen molar-refractivity contribution in [2.24, 2.45) is 5.73 Å². The van der Waals surface area contributed by atoms with Crippen LogP contribution in [0.15, 0.2) is 18.2 Å². The molecule has 0 saturated heterocycles. The maximum atomic E-state index is 13.4. The molecule has 3 N–H and O–H groups in total. The lowest BCUT2D eigenvalue weighted by atomic mass is 9.95. The lowest BCUT2D eigenvalue weighted by Gasteiger charge is -2.20. The molecular weight excluding hydrogens is 252 g/mol. The van der Waals surface area contributed by atoms with Gasteiger partial charge in [0.25, 0.3) is 5.92 Å². The molecule has 94 valence electrons. The summed E-state index contributed by atoms with van der Waals surface area (Å²) in [5, 5.41) is 8.49. The van der Waals surface area contributed by atoms with Crippen LogP contribution in [-0.4, -0.2) is 11.1 Å². The van der Waals surface area contributed by atoms with Gasteiger partial charge in [0.15, 0.2) is 0 Å². The van der Waals surface area contributed by atoms with Crippen molar-refractivity contribution in [1.82, 2.24) is 0 Å². The molecule has 17 heavy (non-hydrogen) atoms. The molecule has 0 spiro atoms. The van der Waals surface area contributed by atoms with Gasteiger partial charge >= 0.3 is 5.97 Å². The zero-order chi connectivity index (χ0) is 13.2. The predicted molar refractivity (Wildman–Crippen MR) is 60.2 cm³/mol. The first-order valence-corrected chi connectivity index (χ1v) is 5.25. The number of alkyl halides is 2. The Morgan fingerprint density at radius 1 is 1.59 bits per heavy atom. The number of carboxylic acid groups (broad SMARTS) is 1. The standard InChI is InChI=1S/C11H12ClF2NO2/c1-11(13,14)10-6(3-2-4-7(10)12)8(15)5-9(16)17/h2-4,8H,5,15H2,1H3,(H,16,17). The molecule has 0 aliphatic rings. The Hall–Kier alpha value is -1.20. The third kappa shape index (κ3) is 3.38. The van der Waals surface area contributed by atoms with Crippen LogP contribution in [-0.2, 0) is 10.7 Å². The maximum absolute atomic E-state index is 13.4. The highest BCUT2D eigenvalue weighted by Gasteiger charge is 2.32. The number of halogens is 3. The molecule has 0 saturated carbocycles. The molecule has 0 aliphatic carbocycles. The van der Waals surface area contributed by atoms with Crippen LogP contribution in [0.25, 0.3) is 0 Å². The van der Waals surface area contributed by atoms with E-state index in [9.17, 15) is 13.6 Å². The first kappa shape index (κ1) is 13.9. The van der Waals surface area contributed by atoms with Gasteiger partial charge in [0, 0.05) is 18.5 Å². The number of carbonyl (C=O) groups is 1. The quantitative estimate of drug-likeness (QED) is 0.878. The van der Waals surface area contributed by atoms with Crippen molar-refractivity contribution >= 4 is 17.6 Å². The van der Waals surface area contributed by atoms with Crippen molar-refractivity contribution in [3.63, 3.8) is 0 Å². The first-order chi connectivity index (χ1) is 7.73. The minimum atomic E-state index is -3.16. The highest BCUT2D eigenvalue weighted by atomic mass is 35.5. The lowest BCUT2D eigenvalue weighted by Crippen LogP contribution is -2.21. The van der Waals surface area contributed by atoms with E-state index >= 15 is 0 Å². The van der Waals surface area contributed by atoms with Gasteiger partial charge in [-0.25, -0.2) is 8.78 Å². The van der Waals surface area contributed by atoms with Crippen LogP contribution in [0.2, 0.25) is 5.02 Å². The third-order valence-corrected chi connectivity index (χ3v) is 2.59. The van der Waals surface area contributed by atoms with Gasteiger partial charge in [0.2, 0.25) is 0 Å². The van der Waals surface area contributed by atoms with Gasteiger partial charge in [-0.2, -0.15) is 0 Å². The van der Waals surface area contributed by atoms with Crippen LogP contribution in [0.4, 0.5) is 8.78 Å². The first-order valence-electron chi connectivity index (χ1n) is 4.87. The molecule has 0 amide bonds. The second-order valence-electron chi connectivity index (χ2n) is 3.80. The number of rotatable bonds is 4. The van der Waals surface area contributed by atoms with Gasteiger partial charge in [-0.1, -0.05) is 23.7 Å². The van der Waals surface area contributed by atoms with E-state index in [1.807, 2.05) is 0 Å². The maximum Gasteiger partial charge on any atom is 0.305 e. The molecule has 6 heteroatoms. The fraction of sp³-hybridized carbons (Fsp3) is 0.364. The molecule has 0 radical (unpaired) electrons. The highest BCUT2D eigenvalue weighted by molar-refractivity contribution is 6.31. The molecule has 1 aromatic carbocycles. The van der Waals surface area contributed by atoms with Gasteiger partial charge in [-0.3, -0.25) is 4.79 Å². The summed E-state index contributed by atoms with van der Waals surface area (Å²) in [6, 6.07) is 3.15. The van der Waals surface area contributed by atoms with Crippen LogP contribution in [0, 0.1) is 0 Å². The minimum Gasteiger partial charge on any atom is -0.481 e. The molecule has 0 bridgehead atoms. The van der Waals surface area contributed by atoms with E-state index in [-0.39, 0.29) is 10.6 Å². The Bertz CT molecular complexity index is 432. The Balaban J connectivity index is 3.24. The summed E-state index contributed by atoms with van der Waals surface area (Å²) in [6.45, 7) is 0.700. The summed E-state index contributed by atoms with van der Waals surface area (Å²) >= 11 is 5.71. The van der Waals surface area contributed by atoms with Crippen LogP contribution in [0.5, 0.6) is 0 Å². The van der Waals surface area contributed by atoms with Crippen molar-refractivity contribution in [2.75, 3.05) is 0 Å². The van der Waals surface area contributed by atoms with E-state index < -0.39 is 29.9 Å². The van der Waals surface area contributed by atoms with Crippen molar-refractivity contribution in [1.29, 1.82) is 0 Å². The molecule has 1 unspecified atom stereocenters. The number of benzene rings is 1. The normalized spacial score (nSPS) is 13.5. The van der Waals surface area contributed by atoms with Crippen molar-refractivity contribution < 1.29 is 18.7 Å². The second kappa shape index (κ2) is 4.98. The summed E-state index contributed by atoms with van der Waals surface area (Å²) in [5.41, 5.74) is 5.24. The fourth-order valence-electron chi connectivity index (χ4n) is 1.61. The summed E-state index contributed by atoms with van der Waals surface area (Å²) < 4.78 is 26.8. The largest absolute Gasteiger partial charge is 0.481 e. The van der Waals surface area contributed by atoms with E-state index in [0.717, 1.165) is 0 Å². The van der Waals surface area contributed by atoms with Crippen molar-refractivity contribution in [2.45, 2.75) is 25.3 Å². The SMILES string of the molecule is CC(F)(F)c1c(Cl)cccc1C(N)CC(=O)O. The van der Waals surface area contributed by atoms with Crippen LogP contribution < -0.4 is 5.73 Å². The zero-order valence-electron chi connectivity index (χ0n) is 9.08. The average molecular weight is 264 g/mol. The molecule has 0 aliphatic heterocycles. The fourth-order valence-corrected chi connectivity index (χ4v) is 1.96. The Kier molecular flexibility index (Phi) is 4.06. The van der Waals surface area contributed by atoms with Crippen molar-refractivity contribution in [3.8, 4) is 0 Å². The number of carboxylic acids is 1. The minimum absolute atomic E-state index is 0.0624. The number of nitrogens with two attached hydrogens (primary N) is 1. The highest BCUT2D eigenvalue weighted by Crippen LogP contribution is 2.37. The molecule has 1 aromatic rings. The molecule has 0 fully saturated rings. The molecule has 0 heterocycles. The van der Waals surface area contributed by atoms with Gasteiger partial charge in [-0.05, 0) is 11.6 Å². The topological polar surface area (TPSA) is 63.3 Å². The Labute approximate surface area is 102 Å². The zero-order valence-corrected chi connectivity index (χ0v) is 9.84. The van der Waals surface area contributed by atoms with Crippen LogP contribution >= 0.6 is 11.6 Å².